The van der Waals surface area contributed by atoms with Crippen molar-refractivity contribution in [3.05, 3.63) is 72.4 Å². The number of aromatic nitrogens is 2. The molecule has 1 aromatic heterocycles. The van der Waals surface area contributed by atoms with E-state index < -0.39 is 0 Å². The molecular weight excluding hydrogens is 282 g/mol. The monoisotopic (exact) mass is 297 g/mol. The van der Waals surface area contributed by atoms with Gasteiger partial charge in [-0.25, -0.2) is 9.97 Å². The van der Waals surface area contributed by atoms with Gasteiger partial charge >= 0.3 is 0 Å². The fraction of sp³-hybridized carbons (Fsp3) is 0.0588. The summed E-state index contributed by atoms with van der Waals surface area (Å²) >= 11 is 0. The maximum absolute atomic E-state index is 5.61. The highest BCUT2D eigenvalue weighted by atomic mass is 35.5. The Morgan fingerprint density at radius 3 is 2.19 bits per heavy atom. The van der Waals surface area contributed by atoms with Crippen LogP contribution in [0.1, 0.15) is 5.56 Å². The van der Waals surface area contributed by atoms with Crippen molar-refractivity contribution in [1.82, 2.24) is 9.97 Å². The van der Waals surface area contributed by atoms with Gasteiger partial charge in [-0.2, -0.15) is 0 Å². The fourth-order valence-electron chi connectivity index (χ4n) is 2.06. The van der Waals surface area contributed by atoms with E-state index in [2.05, 4.69) is 9.97 Å². The van der Waals surface area contributed by atoms with Crippen LogP contribution in [0, 0.1) is 0 Å². The second-order valence-electron chi connectivity index (χ2n) is 4.53. The zero-order valence-corrected chi connectivity index (χ0v) is 12.3. The standard InChI is InChI=1S/C17H15N3.ClH/c18-12-13-6-8-14(9-7-13)16-10-11-19-17(20-16)15-4-2-1-3-5-15;/h1-11H,12,18H2;1H. The van der Waals surface area contributed by atoms with Gasteiger partial charge in [0.2, 0.25) is 0 Å². The Morgan fingerprint density at radius 1 is 0.810 bits per heavy atom. The SMILES string of the molecule is Cl.NCc1ccc(-c2ccnc(-c3ccccc3)n2)cc1. The predicted octanol–water partition coefficient (Wildman–Crippen LogP) is 3.69. The van der Waals surface area contributed by atoms with Crippen LogP contribution in [0.2, 0.25) is 0 Å². The third kappa shape index (κ3) is 3.45. The van der Waals surface area contributed by atoms with Crippen LogP contribution in [0.15, 0.2) is 66.9 Å². The van der Waals surface area contributed by atoms with Gasteiger partial charge in [0.25, 0.3) is 0 Å². The summed E-state index contributed by atoms with van der Waals surface area (Å²) in [7, 11) is 0. The van der Waals surface area contributed by atoms with Crippen LogP contribution >= 0.6 is 12.4 Å². The Hall–Kier alpha value is -2.23. The zero-order valence-electron chi connectivity index (χ0n) is 11.4. The maximum Gasteiger partial charge on any atom is 0.159 e. The Labute approximate surface area is 130 Å². The van der Waals surface area contributed by atoms with E-state index in [4.69, 9.17) is 5.73 Å². The van der Waals surface area contributed by atoms with E-state index in [1.54, 1.807) is 6.20 Å². The molecule has 0 spiro atoms. The van der Waals surface area contributed by atoms with Crippen molar-refractivity contribution in [1.29, 1.82) is 0 Å². The van der Waals surface area contributed by atoms with Crippen LogP contribution in [-0.4, -0.2) is 9.97 Å². The summed E-state index contributed by atoms with van der Waals surface area (Å²) in [5, 5.41) is 0. The molecule has 3 rings (SSSR count). The summed E-state index contributed by atoms with van der Waals surface area (Å²) in [6.45, 7) is 0.555. The largest absolute Gasteiger partial charge is 0.326 e. The van der Waals surface area contributed by atoms with Gasteiger partial charge in [-0.05, 0) is 11.6 Å². The van der Waals surface area contributed by atoms with Gasteiger partial charge < -0.3 is 5.73 Å². The van der Waals surface area contributed by atoms with E-state index in [9.17, 15) is 0 Å². The first-order chi connectivity index (χ1) is 9.86. The molecule has 2 aromatic carbocycles. The first-order valence-electron chi connectivity index (χ1n) is 6.54. The van der Waals surface area contributed by atoms with E-state index in [1.165, 1.54) is 0 Å². The average Bonchev–Trinajstić information content (AvgIpc) is 2.56. The molecule has 106 valence electrons. The third-order valence-corrected chi connectivity index (χ3v) is 3.17. The summed E-state index contributed by atoms with van der Waals surface area (Å²) in [4.78, 5) is 8.96. The summed E-state index contributed by atoms with van der Waals surface area (Å²) < 4.78 is 0. The Morgan fingerprint density at radius 2 is 1.52 bits per heavy atom. The smallest absolute Gasteiger partial charge is 0.159 e. The van der Waals surface area contributed by atoms with Crippen LogP contribution < -0.4 is 5.73 Å². The highest BCUT2D eigenvalue weighted by Crippen LogP contribution is 2.20. The number of nitrogens with zero attached hydrogens (tertiary/aromatic N) is 2. The molecule has 0 atom stereocenters. The first kappa shape index (κ1) is 15.2. The molecule has 0 bridgehead atoms. The number of hydrogen-bond acceptors (Lipinski definition) is 3. The highest BCUT2D eigenvalue weighted by molar-refractivity contribution is 5.85. The third-order valence-electron chi connectivity index (χ3n) is 3.17. The van der Waals surface area contributed by atoms with Crippen molar-refractivity contribution in [2.75, 3.05) is 0 Å². The van der Waals surface area contributed by atoms with Gasteiger partial charge in [0.05, 0.1) is 5.69 Å². The van der Waals surface area contributed by atoms with Crippen LogP contribution in [0.3, 0.4) is 0 Å². The van der Waals surface area contributed by atoms with Crippen LogP contribution in [0.25, 0.3) is 22.6 Å². The van der Waals surface area contributed by atoms with Crippen LogP contribution in [0.4, 0.5) is 0 Å². The summed E-state index contributed by atoms with van der Waals surface area (Å²) in [6, 6.07) is 20.0. The average molecular weight is 298 g/mol. The number of rotatable bonds is 3. The summed E-state index contributed by atoms with van der Waals surface area (Å²) in [5.41, 5.74) is 9.74. The molecule has 0 radical (unpaired) electrons. The second kappa shape index (κ2) is 6.97. The van der Waals surface area contributed by atoms with Crippen LogP contribution in [-0.2, 0) is 6.54 Å². The highest BCUT2D eigenvalue weighted by Gasteiger charge is 2.04. The molecule has 21 heavy (non-hydrogen) atoms. The number of hydrogen-bond donors (Lipinski definition) is 1. The van der Waals surface area contributed by atoms with Crippen molar-refractivity contribution < 1.29 is 0 Å². The summed E-state index contributed by atoms with van der Waals surface area (Å²) in [6.07, 6.45) is 1.79. The molecule has 0 amide bonds. The fourth-order valence-corrected chi connectivity index (χ4v) is 2.06. The quantitative estimate of drug-likeness (QED) is 0.802. The molecule has 0 aliphatic rings. The molecule has 0 saturated carbocycles. The van der Waals surface area contributed by atoms with Crippen LogP contribution in [0.5, 0.6) is 0 Å². The van der Waals surface area contributed by atoms with Crippen molar-refractivity contribution >= 4 is 12.4 Å². The molecule has 0 fully saturated rings. The van der Waals surface area contributed by atoms with Crippen molar-refractivity contribution in [3.63, 3.8) is 0 Å². The van der Waals surface area contributed by atoms with Gasteiger partial charge in [0, 0.05) is 23.9 Å². The molecule has 4 heteroatoms. The van der Waals surface area contributed by atoms with E-state index >= 15 is 0 Å². The Balaban J connectivity index is 0.00000161. The van der Waals surface area contributed by atoms with E-state index in [0.29, 0.717) is 6.54 Å². The van der Waals surface area contributed by atoms with E-state index in [-0.39, 0.29) is 12.4 Å². The topological polar surface area (TPSA) is 51.8 Å². The number of nitrogens with two attached hydrogens (primary N) is 1. The lowest BCUT2D eigenvalue weighted by Gasteiger charge is -2.05. The molecule has 0 aliphatic heterocycles. The minimum atomic E-state index is 0. The van der Waals surface area contributed by atoms with Crippen molar-refractivity contribution in [3.8, 4) is 22.6 Å². The molecule has 0 aliphatic carbocycles. The Bertz CT molecular complexity index is 697. The van der Waals surface area contributed by atoms with E-state index in [0.717, 1.165) is 28.2 Å². The molecule has 1 heterocycles. The number of halogens is 1. The zero-order chi connectivity index (χ0) is 13.8. The second-order valence-corrected chi connectivity index (χ2v) is 4.53. The molecular formula is C17H16ClN3. The predicted molar refractivity (Wildman–Crippen MR) is 88.0 cm³/mol. The minimum absolute atomic E-state index is 0. The minimum Gasteiger partial charge on any atom is -0.326 e. The molecule has 0 unspecified atom stereocenters. The number of benzene rings is 2. The molecule has 3 nitrogen and oxygen atoms in total. The van der Waals surface area contributed by atoms with Gasteiger partial charge in [-0.1, -0.05) is 54.6 Å². The lowest BCUT2D eigenvalue weighted by atomic mass is 10.1. The van der Waals surface area contributed by atoms with Crippen molar-refractivity contribution in [2.45, 2.75) is 6.54 Å². The van der Waals surface area contributed by atoms with Gasteiger partial charge in [-0.15, -0.1) is 12.4 Å². The Kier molecular flexibility index (Phi) is 5.04. The first-order valence-corrected chi connectivity index (χ1v) is 6.54. The maximum atomic E-state index is 5.61. The summed E-state index contributed by atoms with van der Waals surface area (Å²) in [5.74, 6) is 0.742. The molecule has 2 N–H and O–H groups in total. The molecule has 0 saturated heterocycles. The lowest BCUT2D eigenvalue weighted by Crippen LogP contribution is -1.96. The van der Waals surface area contributed by atoms with E-state index in [1.807, 2.05) is 60.7 Å². The van der Waals surface area contributed by atoms with Gasteiger partial charge in [0.1, 0.15) is 0 Å². The molecule has 3 aromatic rings. The van der Waals surface area contributed by atoms with Crippen molar-refractivity contribution in [2.24, 2.45) is 5.73 Å². The normalized spacial score (nSPS) is 9.95. The van der Waals surface area contributed by atoms with Gasteiger partial charge in [0.15, 0.2) is 5.82 Å². The van der Waals surface area contributed by atoms with Gasteiger partial charge in [-0.3, -0.25) is 0 Å². The lowest BCUT2D eigenvalue weighted by molar-refractivity contribution is 1.07.